The quantitative estimate of drug-likeness (QED) is 0.176. The standard InChI is InChI=1S/C34H34NOSi/c1-21-8-10-24(11-9-21)25-12-15-28-29-18-22(2)23(3)33(34(29)36-32(28)20-25)31-16-13-26-19-27(37(5,6)7)14-17-30(26)35(31)4/h8-20H,1-7H3/q+1. The molecule has 0 amide bonds. The van der Waals surface area contributed by atoms with Gasteiger partial charge in [-0.1, -0.05) is 66.8 Å². The molecule has 2 aromatic heterocycles. The molecule has 0 saturated carbocycles. The van der Waals surface area contributed by atoms with Crippen LogP contribution in [-0.4, -0.2) is 8.07 Å². The van der Waals surface area contributed by atoms with Crippen LogP contribution in [0, 0.1) is 20.8 Å². The van der Waals surface area contributed by atoms with Crippen LogP contribution in [-0.2, 0) is 7.05 Å². The van der Waals surface area contributed by atoms with Crippen LogP contribution in [0.4, 0.5) is 0 Å². The Morgan fingerprint density at radius 2 is 1.43 bits per heavy atom. The highest BCUT2D eigenvalue weighted by atomic mass is 28.3. The molecular weight excluding hydrogens is 466 g/mol. The maximum absolute atomic E-state index is 6.68. The van der Waals surface area contributed by atoms with Crippen molar-refractivity contribution in [3.63, 3.8) is 0 Å². The fourth-order valence-corrected chi connectivity index (χ4v) is 6.66. The summed E-state index contributed by atoms with van der Waals surface area (Å²) in [6.07, 6.45) is 0. The van der Waals surface area contributed by atoms with E-state index >= 15 is 0 Å². The van der Waals surface area contributed by atoms with E-state index in [0.717, 1.165) is 11.2 Å². The number of aromatic nitrogens is 1. The summed E-state index contributed by atoms with van der Waals surface area (Å²) >= 11 is 0. The summed E-state index contributed by atoms with van der Waals surface area (Å²) in [5.41, 5.74) is 11.7. The van der Waals surface area contributed by atoms with Gasteiger partial charge >= 0.3 is 0 Å². The van der Waals surface area contributed by atoms with Crippen LogP contribution < -0.4 is 9.75 Å². The molecule has 0 fully saturated rings. The van der Waals surface area contributed by atoms with E-state index in [-0.39, 0.29) is 0 Å². The second-order valence-electron chi connectivity index (χ2n) is 11.6. The van der Waals surface area contributed by atoms with Gasteiger partial charge in [0.1, 0.15) is 18.2 Å². The lowest BCUT2D eigenvalue weighted by atomic mass is 9.95. The number of hydrogen-bond donors (Lipinski definition) is 0. The highest BCUT2D eigenvalue weighted by molar-refractivity contribution is 6.88. The van der Waals surface area contributed by atoms with E-state index in [1.165, 1.54) is 65.9 Å². The molecule has 184 valence electrons. The van der Waals surface area contributed by atoms with Gasteiger partial charge in [0.2, 0.25) is 11.2 Å². The maximum atomic E-state index is 6.68. The number of furan rings is 1. The predicted octanol–water partition coefficient (Wildman–Crippen LogP) is 8.37. The van der Waals surface area contributed by atoms with Gasteiger partial charge in [0, 0.05) is 28.3 Å². The highest BCUT2D eigenvalue weighted by Crippen LogP contribution is 2.40. The number of benzene rings is 4. The number of hydrogen-bond acceptors (Lipinski definition) is 1. The first-order valence-corrected chi connectivity index (χ1v) is 16.6. The van der Waals surface area contributed by atoms with E-state index in [9.17, 15) is 0 Å². The zero-order chi connectivity index (χ0) is 26.1. The average molecular weight is 501 g/mol. The molecule has 0 atom stereocenters. The molecule has 6 rings (SSSR count). The van der Waals surface area contributed by atoms with E-state index in [4.69, 9.17) is 4.42 Å². The first kappa shape index (κ1) is 23.7. The van der Waals surface area contributed by atoms with Crippen LogP contribution >= 0.6 is 0 Å². The molecule has 6 aromatic rings. The molecule has 0 bridgehead atoms. The third-order valence-electron chi connectivity index (χ3n) is 7.96. The molecule has 0 spiro atoms. The lowest BCUT2D eigenvalue weighted by molar-refractivity contribution is -0.633. The van der Waals surface area contributed by atoms with Crippen LogP contribution in [0.2, 0.25) is 19.6 Å². The van der Waals surface area contributed by atoms with Gasteiger partial charge in [-0.3, -0.25) is 0 Å². The van der Waals surface area contributed by atoms with Crippen molar-refractivity contribution in [1.29, 1.82) is 0 Å². The van der Waals surface area contributed by atoms with Gasteiger partial charge < -0.3 is 4.42 Å². The Bertz CT molecular complexity index is 1840. The third-order valence-corrected chi connectivity index (χ3v) is 10.0. The van der Waals surface area contributed by atoms with Crippen LogP contribution in [0.15, 0.2) is 83.3 Å². The Morgan fingerprint density at radius 3 is 2.16 bits per heavy atom. The summed E-state index contributed by atoms with van der Waals surface area (Å²) < 4.78 is 9.01. The van der Waals surface area contributed by atoms with E-state index in [2.05, 4.69) is 131 Å². The minimum absolute atomic E-state index is 0.933. The normalized spacial score (nSPS) is 12.2. The topological polar surface area (TPSA) is 17.0 Å². The van der Waals surface area contributed by atoms with E-state index in [1.54, 1.807) is 0 Å². The number of aryl methyl sites for hydroxylation is 3. The fraction of sp³-hybridized carbons (Fsp3) is 0.206. The molecule has 0 unspecified atom stereocenters. The molecule has 0 radical (unpaired) electrons. The molecule has 2 heterocycles. The molecule has 37 heavy (non-hydrogen) atoms. The molecule has 3 heteroatoms. The largest absolute Gasteiger partial charge is 0.455 e. The first-order chi connectivity index (χ1) is 17.6. The monoisotopic (exact) mass is 500 g/mol. The van der Waals surface area contributed by atoms with Crippen LogP contribution in [0.25, 0.3) is 55.2 Å². The lowest BCUT2D eigenvalue weighted by Gasteiger charge is -2.17. The Morgan fingerprint density at radius 1 is 0.703 bits per heavy atom. The average Bonchev–Trinajstić information content (AvgIpc) is 3.22. The lowest BCUT2D eigenvalue weighted by Crippen LogP contribution is -2.38. The van der Waals surface area contributed by atoms with Gasteiger partial charge in [0.25, 0.3) is 0 Å². The minimum Gasteiger partial charge on any atom is -0.455 e. The predicted molar refractivity (Wildman–Crippen MR) is 160 cm³/mol. The zero-order valence-electron chi connectivity index (χ0n) is 22.9. The Labute approximate surface area is 220 Å². The van der Waals surface area contributed by atoms with Crippen molar-refractivity contribution < 1.29 is 8.98 Å². The van der Waals surface area contributed by atoms with Gasteiger partial charge in [-0.15, -0.1) is 0 Å². The van der Waals surface area contributed by atoms with Gasteiger partial charge in [-0.2, -0.15) is 4.57 Å². The molecular formula is C34H34NOSi+. The smallest absolute Gasteiger partial charge is 0.216 e. The number of rotatable bonds is 3. The van der Waals surface area contributed by atoms with Crippen molar-refractivity contribution in [2.45, 2.75) is 40.4 Å². The Kier molecular flexibility index (Phi) is 5.39. The maximum Gasteiger partial charge on any atom is 0.216 e. The SMILES string of the molecule is Cc1ccc(-c2ccc3c(c2)oc2c(-c4ccc5cc([Si](C)(C)C)ccc5[n+]4C)c(C)c(C)cc23)cc1. The van der Waals surface area contributed by atoms with Crippen molar-refractivity contribution >= 4 is 46.1 Å². The van der Waals surface area contributed by atoms with E-state index < -0.39 is 8.07 Å². The van der Waals surface area contributed by atoms with Gasteiger partial charge in [0.15, 0.2) is 0 Å². The highest BCUT2D eigenvalue weighted by Gasteiger charge is 2.25. The molecule has 4 aromatic carbocycles. The molecule has 2 nitrogen and oxygen atoms in total. The van der Waals surface area contributed by atoms with Gasteiger partial charge in [0.05, 0.1) is 13.6 Å². The summed E-state index contributed by atoms with van der Waals surface area (Å²) in [5, 5.41) is 5.12. The third kappa shape index (κ3) is 3.89. The Balaban J connectivity index is 1.58. The molecule has 0 aliphatic heterocycles. The fourth-order valence-electron chi connectivity index (χ4n) is 5.49. The summed E-state index contributed by atoms with van der Waals surface area (Å²) in [4.78, 5) is 0. The van der Waals surface area contributed by atoms with Crippen molar-refractivity contribution in [2.75, 3.05) is 0 Å². The van der Waals surface area contributed by atoms with Crippen molar-refractivity contribution in [2.24, 2.45) is 7.05 Å². The van der Waals surface area contributed by atoms with Crippen molar-refractivity contribution in [3.05, 3.63) is 95.6 Å². The summed E-state index contributed by atoms with van der Waals surface area (Å²) in [6, 6.07) is 29.1. The molecule has 0 saturated heterocycles. The summed E-state index contributed by atoms with van der Waals surface area (Å²) in [6.45, 7) is 13.8. The second kappa shape index (κ2) is 8.42. The van der Waals surface area contributed by atoms with E-state index in [0.29, 0.717) is 0 Å². The van der Waals surface area contributed by atoms with Crippen LogP contribution in [0.5, 0.6) is 0 Å². The van der Waals surface area contributed by atoms with Gasteiger partial charge in [-0.25, -0.2) is 0 Å². The minimum atomic E-state index is -1.37. The van der Waals surface area contributed by atoms with E-state index in [1.807, 2.05) is 0 Å². The zero-order valence-corrected chi connectivity index (χ0v) is 23.9. The molecule has 0 N–H and O–H groups in total. The molecule has 0 aliphatic carbocycles. The van der Waals surface area contributed by atoms with Crippen molar-refractivity contribution in [3.8, 4) is 22.4 Å². The summed E-state index contributed by atoms with van der Waals surface area (Å²) in [5.74, 6) is 0. The second-order valence-corrected chi connectivity index (χ2v) is 16.6. The van der Waals surface area contributed by atoms with Crippen LogP contribution in [0.3, 0.4) is 0 Å². The molecule has 0 aliphatic rings. The van der Waals surface area contributed by atoms with Crippen molar-refractivity contribution in [1.82, 2.24) is 0 Å². The van der Waals surface area contributed by atoms with Gasteiger partial charge in [-0.05, 0) is 73.4 Å². The first-order valence-electron chi connectivity index (χ1n) is 13.1. The van der Waals surface area contributed by atoms with Crippen LogP contribution in [0.1, 0.15) is 16.7 Å². The Hall–Kier alpha value is -3.69. The number of fused-ring (bicyclic) bond motifs is 4. The number of nitrogens with zero attached hydrogens (tertiary/aromatic N) is 1. The number of pyridine rings is 1. The summed E-state index contributed by atoms with van der Waals surface area (Å²) in [7, 11) is 0.805.